The van der Waals surface area contributed by atoms with E-state index in [-0.39, 0.29) is 5.54 Å². The summed E-state index contributed by atoms with van der Waals surface area (Å²) in [6, 6.07) is 0. The van der Waals surface area contributed by atoms with Crippen LogP contribution in [0.15, 0.2) is 11.6 Å². The van der Waals surface area contributed by atoms with E-state index < -0.39 is 5.97 Å². The van der Waals surface area contributed by atoms with Crippen molar-refractivity contribution in [1.29, 1.82) is 0 Å². The molecular formula is C11H19NO3. The van der Waals surface area contributed by atoms with Crippen LogP contribution in [0.2, 0.25) is 0 Å². The van der Waals surface area contributed by atoms with Gasteiger partial charge in [0.25, 0.3) is 0 Å². The zero-order valence-corrected chi connectivity index (χ0v) is 9.38. The van der Waals surface area contributed by atoms with Gasteiger partial charge < -0.3 is 15.2 Å². The zero-order chi connectivity index (χ0) is 11.3. The molecule has 0 spiro atoms. The van der Waals surface area contributed by atoms with E-state index in [0.29, 0.717) is 13.2 Å². The van der Waals surface area contributed by atoms with E-state index >= 15 is 0 Å². The van der Waals surface area contributed by atoms with Crippen molar-refractivity contribution in [2.24, 2.45) is 0 Å². The molecule has 1 aliphatic rings. The van der Waals surface area contributed by atoms with Crippen molar-refractivity contribution in [2.45, 2.75) is 32.2 Å². The van der Waals surface area contributed by atoms with Crippen LogP contribution in [0.4, 0.5) is 0 Å². The van der Waals surface area contributed by atoms with Gasteiger partial charge >= 0.3 is 5.97 Å². The first-order chi connectivity index (χ1) is 7.02. The van der Waals surface area contributed by atoms with Gasteiger partial charge in [0.2, 0.25) is 0 Å². The van der Waals surface area contributed by atoms with Gasteiger partial charge in [-0.05, 0) is 26.7 Å². The van der Waals surface area contributed by atoms with Crippen LogP contribution in [0.3, 0.4) is 0 Å². The Labute approximate surface area is 90.3 Å². The molecule has 1 atom stereocenters. The highest BCUT2D eigenvalue weighted by atomic mass is 16.5. The van der Waals surface area contributed by atoms with E-state index in [2.05, 4.69) is 12.2 Å². The molecule has 0 aromatic rings. The van der Waals surface area contributed by atoms with Crippen LogP contribution in [0.5, 0.6) is 0 Å². The van der Waals surface area contributed by atoms with Crippen LogP contribution < -0.4 is 5.32 Å². The summed E-state index contributed by atoms with van der Waals surface area (Å²) >= 11 is 0. The number of aliphatic carboxylic acids is 1. The summed E-state index contributed by atoms with van der Waals surface area (Å²) in [6.45, 7) is 6.06. The summed E-state index contributed by atoms with van der Waals surface area (Å²) < 4.78 is 5.40. The molecule has 2 N–H and O–H groups in total. The SMILES string of the molecule is CC(=CC(=O)O)CNC1(C)CCCOC1. The number of nitrogens with one attached hydrogen (secondary N) is 1. The molecule has 4 heteroatoms. The lowest BCUT2D eigenvalue weighted by Gasteiger charge is -2.34. The number of hydrogen-bond acceptors (Lipinski definition) is 3. The highest BCUT2D eigenvalue weighted by Crippen LogP contribution is 2.18. The second-order valence-corrected chi connectivity index (χ2v) is 4.40. The smallest absolute Gasteiger partial charge is 0.328 e. The average Bonchev–Trinajstić information content (AvgIpc) is 2.15. The molecular weight excluding hydrogens is 194 g/mol. The van der Waals surface area contributed by atoms with Gasteiger partial charge in [-0.15, -0.1) is 0 Å². The van der Waals surface area contributed by atoms with Crippen LogP contribution in [0.1, 0.15) is 26.7 Å². The molecule has 0 saturated carbocycles. The standard InChI is InChI=1S/C11H19NO3/c1-9(6-10(13)14)7-12-11(2)4-3-5-15-8-11/h6,12H,3-5,7-8H2,1-2H3,(H,13,14). The molecule has 0 amide bonds. The predicted octanol–water partition coefficient (Wildman–Crippen LogP) is 1.18. The highest BCUT2D eigenvalue weighted by molar-refractivity contribution is 5.80. The molecule has 1 heterocycles. The van der Waals surface area contributed by atoms with E-state index in [1.807, 2.05) is 6.92 Å². The highest BCUT2D eigenvalue weighted by Gasteiger charge is 2.26. The largest absolute Gasteiger partial charge is 0.478 e. The normalized spacial score (nSPS) is 27.7. The number of ether oxygens (including phenoxy) is 1. The third-order valence-corrected chi connectivity index (χ3v) is 2.60. The van der Waals surface area contributed by atoms with Gasteiger partial charge in [0.15, 0.2) is 0 Å². The molecule has 0 aromatic heterocycles. The summed E-state index contributed by atoms with van der Waals surface area (Å²) in [6.07, 6.45) is 3.37. The molecule has 1 fully saturated rings. The fourth-order valence-corrected chi connectivity index (χ4v) is 1.69. The Hall–Kier alpha value is -0.870. The molecule has 1 aliphatic heterocycles. The molecule has 0 aromatic carbocycles. The van der Waals surface area contributed by atoms with Crippen LogP contribution in [0.25, 0.3) is 0 Å². The maximum atomic E-state index is 10.4. The Balaban J connectivity index is 2.38. The summed E-state index contributed by atoms with van der Waals surface area (Å²) in [7, 11) is 0. The Bertz CT molecular complexity index is 255. The van der Waals surface area contributed by atoms with Gasteiger partial charge in [0.05, 0.1) is 6.61 Å². The third kappa shape index (κ3) is 4.44. The van der Waals surface area contributed by atoms with E-state index in [1.54, 1.807) is 0 Å². The maximum absolute atomic E-state index is 10.4. The van der Waals surface area contributed by atoms with E-state index in [0.717, 1.165) is 25.0 Å². The topological polar surface area (TPSA) is 58.6 Å². The van der Waals surface area contributed by atoms with E-state index in [9.17, 15) is 4.79 Å². The monoisotopic (exact) mass is 213 g/mol. The minimum absolute atomic E-state index is 0.00808. The second kappa shape index (κ2) is 5.28. The van der Waals surface area contributed by atoms with Gasteiger partial charge in [0, 0.05) is 24.8 Å². The minimum Gasteiger partial charge on any atom is -0.478 e. The van der Waals surface area contributed by atoms with Crippen LogP contribution in [0, 0.1) is 0 Å². The molecule has 15 heavy (non-hydrogen) atoms. The number of carboxylic acids is 1. The quantitative estimate of drug-likeness (QED) is 0.688. The minimum atomic E-state index is -0.889. The number of rotatable bonds is 4. The summed E-state index contributed by atoms with van der Waals surface area (Å²) in [4.78, 5) is 10.4. The van der Waals surface area contributed by atoms with Gasteiger partial charge in [0.1, 0.15) is 0 Å². The Morgan fingerprint density at radius 2 is 2.40 bits per heavy atom. The van der Waals surface area contributed by atoms with E-state index in [1.165, 1.54) is 6.08 Å². The first-order valence-electron chi connectivity index (χ1n) is 5.25. The molecule has 4 nitrogen and oxygen atoms in total. The lowest BCUT2D eigenvalue weighted by molar-refractivity contribution is -0.131. The molecule has 0 aliphatic carbocycles. The van der Waals surface area contributed by atoms with Gasteiger partial charge in [-0.3, -0.25) is 0 Å². The fourth-order valence-electron chi connectivity index (χ4n) is 1.69. The van der Waals surface area contributed by atoms with Crippen molar-refractivity contribution in [1.82, 2.24) is 5.32 Å². The van der Waals surface area contributed by atoms with Crippen molar-refractivity contribution < 1.29 is 14.6 Å². The molecule has 1 unspecified atom stereocenters. The Morgan fingerprint density at radius 1 is 1.67 bits per heavy atom. The molecule has 1 rings (SSSR count). The second-order valence-electron chi connectivity index (χ2n) is 4.40. The van der Waals surface area contributed by atoms with E-state index in [4.69, 9.17) is 9.84 Å². The number of hydrogen-bond donors (Lipinski definition) is 2. The first kappa shape index (κ1) is 12.2. The first-order valence-corrected chi connectivity index (χ1v) is 5.25. The van der Waals surface area contributed by atoms with Gasteiger partial charge in [-0.25, -0.2) is 4.79 Å². The number of carboxylic acid groups (broad SMARTS) is 1. The molecule has 0 bridgehead atoms. The van der Waals surface area contributed by atoms with Crippen LogP contribution >= 0.6 is 0 Å². The third-order valence-electron chi connectivity index (χ3n) is 2.60. The summed E-state index contributed by atoms with van der Waals surface area (Å²) in [5.41, 5.74) is 0.820. The van der Waals surface area contributed by atoms with Crippen LogP contribution in [-0.4, -0.2) is 36.4 Å². The Morgan fingerprint density at radius 3 is 2.93 bits per heavy atom. The lowest BCUT2D eigenvalue weighted by Crippen LogP contribution is -2.49. The van der Waals surface area contributed by atoms with Crippen LogP contribution in [-0.2, 0) is 9.53 Å². The molecule has 0 radical (unpaired) electrons. The zero-order valence-electron chi connectivity index (χ0n) is 9.38. The molecule has 1 saturated heterocycles. The average molecular weight is 213 g/mol. The lowest BCUT2D eigenvalue weighted by atomic mass is 9.94. The van der Waals surface area contributed by atoms with Crippen molar-refractivity contribution in [3.63, 3.8) is 0 Å². The maximum Gasteiger partial charge on any atom is 0.328 e. The summed E-state index contributed by atoms with van der Waals surface area (Å²) in [5.74, 6) is -0.889. The van der Waals surface area contributed by atoms with Crippen molar-refractivity contribution >= 4 is 5.97 Å². The van der Waals surface area contributed by atoms with Crippen molar-refractivity contribution in [3.8, 4) is 0 Å². The number of carbonyl (C=O) groups is 1. The fraction of sp³-hybridized carbons (Fsp3) is 0.727. The summed E-state index contributed by atoms with van der Waals surface area (Å²) in [5, 5.41) is 11.9. The van der Waals surface area contributed by atoms with Gasteiger partial charge in [-0.1, -0.05) is 5.57 Å². The Kier molecular flexibility index (Phi) is 4.29. The molecule has 86 valence electrons. The van der Waals surface area contributed by atoms with Crippen molar-refractivity contribution in [2.75, 3.05) is 19.8 Å². The van der Waals surface area contributed by atoms with Gasteiger partial charge in [-0.2, -0.15) is 0 Å². The van der Waals surface area contributed by atoms with Crippen molar-refractivity contribution in [3.05, 3.63) is 11.6 Å². The predicted molar refractivity (Wildman–Crippen MR) is 57.9 cm³/mol.